The third-order valence-electron chi connectivity index (χ3n) is 1.95. The number of hydrogen-bond acceptors (Lipinski definition) is 2. The van der Waals surface area contributed by atoms with Crippen molar-refractivity contribution < 1.29 is 14.3 Å². The molecule has 1 aromatic rings. The van der Waals surface area contributed by atoms with Crippen LogP contribution in [0, 0.1) is 0 Å². The summed E-state index contributed by atoms with van der Waals surface area (Å²) in [5.74, 6) is -0.242. The van der Waals surface area contributed by atoms with Gasteiger partial charge in [-0.3, -0.25) is 4.79 Å². The molecular formula is C10H14O3. The van der Waals surface area contributed by atoms with Gasteiger partial charge < -0.3 is 9.52 Å². The molecule has 0 bridgehead atoms. The average Bonchev–Trinajstić information content (AvgIpc) is 2.48. The maximum atomic E-state index is 10.4. The Balaban J connectivity index is 2.60. The molecule has 0 aromatic carbocycles. The second-order valence-electron chi connectivity index (χ2n) is 3.04. The highest BCUT2D eigenvalue weighted by Gasteiger charge is 2.09. The van der Waals surface area contributed by atoms with Gasteiger partial charge in [0.05, 0.1) is 6.26 Å². The fourth-order valence-corrected chi connectivity index (χ4v) is 1.25. The van der Waals surface area contributed by atoms with Crippen molar-refractivity contribution in [2.45, 2.75) is 32.6 Å². The summed E-state index contributed by atoms with van der Waals surface area (Å²) in [6, 6.07) is 1.86. The summed E-state index contributed by atoms with van der Waals surface area (Å²) in [4.78, 5) is 10.4. The zero-order valence-corrected chi connectivity index (χ0v) is 7.75. The van der Waals surface area contributed by atoms with E-state index in [0.29, 0.717) is 5.76 Å². The number of hydrogen-bond donors (Lipinski definition) is 1. The van der Waals surface area contributed by atoms with E-state index in [2.05, 4.69) is 6.92 Å². The van der Waals surface area contributed by atoms with Gasteiger partial charge in [-0.2, -0.15) is 0 Å². The van der Waals surface area contributed by atoms with E-state index in [4.69, 9.17) is 9.52 Å². The Bertz CT molecular complexity index is 275. The molecule has 1 aromatic heterocycles. The third kappa shape index (κ3) is 2.93. The molecule has 0 fully saturated rings. The molecule has 72 valence electrons. The van der Waals surface area contributed by atoms with E-state index in [1.165, 1.54) is 0 Å². The number of furan rings is 1. The first-order chi connectivity index (χ1) is 6.24. The molecular weight excluding hydrogens is 168 g/mol. The number of aryl methyl sites for hydroxylation is 1. The zero-order chi connectivity index (χ0) is 9.68. The van der Waals surface area contributed by atoms with Crippen molar-refractivity contribution in [3.05, 3.63) is 23.7 Å². The molecule has 0 saturated carbocycles. The first-order valence-corrected chi connectivity index (χ1v) is 4.51. The highest BCUT2D eigenvalue weighted by atomic mass is 16.4. The van der Waals surface area contributed by atoms with Crippen molar-refractivity contribution in [1.82, 2.24) is 0 Å². The molecule has 1 rings (SSSR count). The lowest BCUT2D eigenvalue weighted by Crippen LogP contribution is -2.01. The molecule has 0 unspecified atom stereocenters. The minimum atomic E-state index is -0.840. The number of carbonyl (C=O) groups is 1. The van der Waals surface area contributed by atoms with Crippen LogP contribution in [0.2, 0.25) is 0 Å². The van der Waals surface area contributed by atoms with Crippen LogP contribution in [-0.2, 0) is 17.6 Å². The molecule has 3 heteroatoms. The van der Waals surface area contributed by atoms with Gasteiger partial charge in [0.2, 0.25) is 0 Å². The van der Waals surface area contributed by atoms with Crippen molar-refractivity contribution in [2.75, 3.05) is 0 Å². The largest absolute Gasteiger partial charge is 0.481 e. The summed E-state index contributed by atoms with van der Waals surface area (Å²) in [6.07, 6.45) is 4.65. The quantitative estimate of drug-likeness (QED) is 0.759. The van der Waals surface area contributed by atoms with E-state index >= 15 is 0 Å². The summed E-state index contributed by atoms with van der Waals surface area (Å²) in [6.45, 7) is 2.11. The number of aliphatic carboxylic acids is 1. The first kappa shape index (κ1) is 9.84. The minimum Gasteiger partial charge on any atom is -0.481 e. The first-order valence-electron chi connectivity index (χ1n) is 4.51. The van der Waals surface area contributed by atoms with Crippen LogP contribution in [0.1, 0.15) is 31.1 Å². The summed E-state index contributed by atoms with van der Waals surface area (Å²) < 4.78 is 5.09. The molecule has 0 saturated heterocycles. The Morgan fingerprint density at radius 1 is 1.62 bits per heavy atom. The molecule has 13 heavy (non-hydrogen) atoms. The van der Waals surface area contributed by atoms with Gasteiger partial charge in [-0.05, 0) is 24.5 Å². The molecule has 0 spiro atoms. The molecule has 0 aliphatic heterocycles. The maximum Gasteiger partial charge on any atom is 0.311 e. The number of rotatable bonds is 5. The standard InChI is InChI=1S/C10H14O3/c1-2-3-4-8-5-6-13-9(8)7-10(11)12/h5-6H,2-4,7H2,1H3,(H,11,12). The van der Waals surface area contributed by atoms with Crippen LogP contribution >= 0.6 is 0 Å². The smallest absolute Gasteiger partial charge is 0.311 e. The van der Waals surface area contributed by atoms with Crippen LogP contribution in [0.3, 0.4) is 0 Å². The van der Waals surface area contributed by atoms with Gasteiger partial charge in [0, 0.05) is 0 Å². The van der Waals surface area contributed by atoms with Gasteiger partial charge >= 0.3 is 5.97 Å². The van der Waals surface area contributed by atoms with Crippen LogP contribution in [0.4, 0.5) is 0 Å². The molecule has 0 atom stereocenters. The Morgan fingerprint density at radius 3 is 3.00 bits per heavy atom. The van der Waals surface area contributed by atoms with E-state index in [-0.39, 0.29) is 6.42 Å². The molecule has 0 aliphatic rings. The van der Waals surface area contributed by atoms with E-state index < -0.39 is 5.97 Å². The lowest BCUT2D eigenvalue weighted by atomic mass is 10.1. The Hall–Kier alpha value is -1.25. The molecule has 0 aliphatic carbocycles. The summed E-state index contributed by atoms with van der Waals surface area (Å²) >= 11 is 0. The molecule has 0 radical (unpaired) electrons. The van der Waals surface area contributed by atoms with Crippen molar-refractivity contribution in [1.29, 1.82) is 0 Å². The lowest BCUT2D eigenvalue weighted by Gasteiger charge is -1.98. The summed E-state index contributed by atoms with van der Waals surface area (Å²) in [7, 11) is 0. The zero-order valence-electron chi connectivity index (χ0n) is 7.75. The Kier molecular flexibility index (Phi) is 3.55. The number of carboxylic acids is 1. The predicted molar refractivity (Wildman–Crippen MR) is 48.7 cm³/mol. The topological polar surface area (TPSA) is 50.4 Å². The third-order valence-corrected chi connectivity index (χ3v) is 1.95. The Labute approximate surface area is 77.4 Å². The van der Waals surface area contributed by atoms with Crippen LogP contribution in [0.5, 0.6) is 0 Å². The van der Waals surface area contributed by atoms with Gasteiger partial charge in [-0.25, -0.2) is 0 Å². The van der Waals surface area contributed by atoms with Crippen LogP contribution in [0.15, 0.2) is 16.7 Å². The molecule has 3 nitrogen and oxygen atoms in total. The Morgan fingerprint density at radius 2 is 2.38 bits per heavy atom. The maximum absolute atomic E-state index is 10.4. The van der Waals surface area contributed by atoms with Gasteiger partial charge in [0.15, 0.2) is 0 Å². The van der Waals surface area contributed by atoms with E-state index in [1.807, 2.05) is 6.07 Å². The SMILES string of the molecule is CCCCc1ccoc1CC(=O)O. The fraction of sp³-hybridized carbons (Fsp3) is 0.500. The summed E-state index contributed by atoms with van der Waals surface area (Å²) in [5.41, 5.74) is 1.03. The van der Waals surface area contributed by atoms with E-state index in [0.717, 1.165) is 24.8 Å². The molecule has 1 N–H and O–H groups in total. The monoisotopic (exact) mass is 182 g/mol. The fourth-order valence-electron chi connectivity index (χ4n) is 1.25. The van der Waals surface area contributed by atoms with Crippen LogP contribution in [-0.4, -0.2) is 11.1 Å². The van der Waals surface area contributed by atoms with E-state index in [1.54, 1.807) is 6.26 Å². The van der Waals surface area contributed by atoms with E-state index in [9.17, 15) is 4.79 Å². The highest BCUT2D eigenvalue weighted by molar-refractivity contribution is 5.69. The minimum absolute atomic E-state index is 0.00789. The van der Waals surface area contributed by atoms with Crippen LogP contribution in [0.25, 0.3) is 0 Å². The van der Waals surface area contributed by atoms with Crippen molar-refractivity contribution >= 4 is 5.97 Å². The van der Waals surface area contributed by atoms with Gasteiger partial charge in [0.25, 0.3) is 0 Å². The normalized spacial score (nSPS) is 10.2. The van der Waals surface area contributed by atoms with Crippen molar-refractivity contribution in [2.24, 2.45) is 0 Å². The van der Waals surface area contributed by atoms with Crippen molar-refractivity contribution in [3.63, 3.8) is 0 Å². The molecule has 0 amide bonds. The average molecular weight is 182 g/mol. The van der Waals surface area contributed by atoms with Crippen molar-refractivity contribution in [3.8, 4) is 0 Å². The molecule has 1 heterocycles. The van der Waals surface area contributed by atoms with Gasteiger partial charge in [-0.1, -0.05) is 13.3 Å². The number of unbranched alkanes of at least 4 members (excludes halogenated alkanes) is 1. The summed E-state index contributed by atoms with van der Waals surface area (Å²) in [5, 5.41) is 8.58. The second kappa shape index (κ2) is 4.70. The van der Waals surface area contributed by atoms with Crippen LogP contribution < -0.4 is 0 Å². The predicted octanol–water partition coefficient (Wildman–Crippen LogP) is 2.25. The number of carboxylic acid groups (broad SMARTS) is 1. The van der Waals surface area contributed by atoms with Gasteiger partial charge in [-0.15, -0.1) is 0 Å². The highest BCUT2D eigenvalue weighted by Crippen LogP contribution is 2.14. The second-order valence-corrected chi connectivity index (χ2v) is 3.04. The lowest BCUT2D eigenvalue weighted by molar-refractivity contribution is -0.136. The van der Waals surface area contributed by atoms with Gasteiger partial charge in [0.1, 0.15) is 12.2 Å².